The Balaban J connectivity index is 2.34. The molecule has 1 aliphatic rings. The average molecular weight is 417 g/mol. The summed E-state index contributed by atoms with van der Waals surface area (Å²) in [5.74, 6) is 0.140. The maximum absolute atomic E-state index is 12.6. The fourth-order valence-corrected chi connectivity index (χ4v) is 3.47. The largest absolute Gasteiger partial charge is 0.511 e. The lowest BCUT2D eigenvalue weighted by Gasteiger charge is -2.31. The SMILES string of the molecule is CN=C(NCC(=O)NCCOC)NCC1CCN(S(=O)(=O)C(F)(F)F)CC1. The predicted octanol–water partition coefficient (Wildman–Crippen LogP) is -0.524. The van der Waals surface area contributed by atoms with Crippen LogP contribution in [0.1, 0.15) is 12.8 Å². The van der Waals surface area contributed by atoms with E-state index in [1.807, 2.05) is 0 Å². The molecule has 0 aromatic heterocycles. The van der Waals surface area contributed by atoms with E-state index in [4.69, 9.17) is 4.74 Å². The molecule has 1 aliphatic heterocycles. The molecule has 9 nitrogen and oxygen atoms in total. The number of hydrogen-bond acceptors (Lipinski definition) is 5. The number of guanidine groups is 1. The minimum atomic E-state index is -5.27. The van der Waals surface area contributed by atoms with Crippen molar-refractivity contribution in [3.05, 3.63) is 0 Å². The second-order valence-electron chi connectivity index (χ2n) is 5.94. The van der Waals surface area contributed by atoms with E-state index in [2.05, 4.69) is 20.9 Å². The van der Waals surface area contributed by atoms with Crippen LogP contribution in [-0.4, -0.2) is 83.6 Å². The summed E-state index contributed by atoms with van der Waals surface area (Å²) in [6, 6.07) is 0. The molecule has 1 saturated heterocycles. The first kappa shape index (κ1) is 23.4. The van der Waals surface area contributed by atoms with Crippen molar-refractivity contribution in [2.24, 2.45) is 10.9 Å². The van der Waals surface area contributed by atoms with E-state index in [0.29, 0.717) is 42.8 Å². The molecule has 13 heteroatoms. The van der Waals surface area contributed by atoms with Gasteiger partial charge < -0.3 is 20.7 Å². The quantitative estimate of drug-likeness (QED) is 0.278. The Labute approximate surface area is 156 Å². The van der Waals surface area contributed by atoms with Crippen LogP contribution in [0.3, 0.4) is 0 Å². The molecule has 1 fully saturated rings. The van der Waals surface area contributed by atoms with Crippen LogP contribution in [0.5, 0.6) is 0 Å². The molecule has 0 radical (unpaired) electrons. The van der Waals surface area contributed by atoms with Crippen molar-refractivity contribution in [3.63, 3.8) is 0 Å². The Morgan fingerprint density at radius 3 is 2.37 bits per heavy atom. The van der Waals surface area contributed by atoms with E-state index >= 15 is 0 Å². The molecule has 0 saturated carbocycles. The van der Waals surface area contributed by atoms with Crippen molar-refractivity contribution in [1.82, 2.24) is 20.3 Å². The van der Waals surface area contributed by atoms with Gasteiger partial charge in [0.1, 0.15) is 0 Å². The van der Waals surface area contributed by atoms with E-state index in [1.165, 1.54) is 14.2 Å². The Kier molecular flexibility index (Phi) is 9.26. The summed E-state index contributed by atoms with van der Waals surface area (Å²) in [6.45, 7) is 0.852. The van der Waals surface area contributed by atoms with Gasteiger partial charge in [-0.1, -0.05) is 0 Å². The number of rotatable bonds is 8. The minimum absolute atomic E-state index is 0.00115. The zero-order valence-corrected chi connectivity index (χ0v) is 16.1. The summed E-state index contributed by atoms with van der Waals surface area (Å²) in [6.07, 6.45) is 0.605. The van der Waals surface area contributed by atoms with Crippen LogP contribution < -0.4 is 16.0 Å². The van der Waals surface area contributed by atoms with Gasteiger partial charge in [0.25, 0.3) is 0 Å². The van der Waals surface area contributed by atoms with Crippen molar-refractivity contribution < 1.29 is 31.1 Å². The normalized spacial score (nSPS) is 17.6. The van der Waals surface area contributed by atoms with Gasteiger partial charge in [0.15, 0.2) is 5.96 Å². The molecule has 1 heterocycles. The van der Waals surface area contributed by atoms with Gasteiger partial charge in [-0.05, 0) is 18.8 Å². The molecule has 0 aromatic rings. The number of halogens is 3. The Hall–Kier alpha value is -1.60. The minimum Gasteiger partial charge on any atom is -0.383 e. The summed E-state index contributed by atoms with van der Waals surface area (Å²) in [4.78, 5) is 15.6. The summed E-state index contributed by atoms with van der Waals surface area (Å²) < 4.78 is 65.7. The zero-order chi connectivity index (χ0) is 20.5. The van der Waals surface area contributed by atoms with Crippen molar-refractivity contribution in [2.45, 2.75) is 18.3 Å². The molecular formula is C14H26F3N5O4S. The lowest BCUT2D eigenvalue weighted by Crippen LogP contribution is -2.48. The number of hydrogen-bond donors (Lipinski definition) is 3. The van der Waals surface area contributed by atoms with Crippen LogP contribution in [0.2, 0.25) is 0 Å². The molecular weight excluding hydrogens is 391 g/mol. The van der Waals surface area contributed by atoms with Gasteiger partial charge in [0.05, 0.1) is 13.2 Å². The van der Waals surface area contributed by atoms with E-state index in [1.54, 1.807) is 0 Å². The molecule has 1 rings (SSSR count). The van der Waals surface area contributed by atoms with Crippen molar-refractivity contribution in [1.29, 1.82) is 0 Å². The fourth-order valence-electron chi connectivity index (χ4n) is 2.48. The van der Waals surface area contributed by atoms with Crippen LogP contribution in [0.25, 0.3) is 0 Å². The Morgan fingerprint density at radius 2 is 1.85 bits per heavy atom. The van der Waals surface area contributed by atoms with Gasteiger partial charge >= 0.3 is 15.5 Å². The fraction of sp³-hybridized carbons (Fsp3) is 0.857. The number of carbonyl (C=O) groups excluding carboxylic acids is 1. The highest BCUT2D eigenvalue weighted by molar-refractivity contribution is 7.90. The van der Waals surface area contributed by atoms with Crippen molar-refractivity contribution in [2.75, 3.05) is 53.5 Å². The summed E-state index contributed by atoms with van der Waals surface area (Å²) in [5.41, 5.74) is -5.27. The van der Waals surface area contributed by atoms with Crippen molar-refractivity contribution >= 4 is 21.9 Å². The van der Waals surface area contributed by atoms with Crippen LogP contribution in [-0.2, 0) is 19.6 Å². The highest BCUT2D eigenvalue weighted by Crippen LogP contribution is 2.30. The lowest BCUT2D eigenvalue weighted by atomic mass is 9.98. The third-order valence-electron chi connectivity index (χ3n) is 4.03. The second-order valence-corrected chi connectivity index (χ2v) is 7.87. The lowest BCUT2D eigenvalue weighted by molar-refractivity contribution is -0.120. The number of piperidine rings is 1. The smallest absolute Gasteiger partial charge is 0.383 e. The number of alkyl halides is 3. The third kappa shape index (κ3) is 7.50. The van der Waals surface area contributed by atoms with Gasteiger partial charge in [-0.2, -0.15) is 17.5 Å². The first-order chi connectivity index (χ1) is 12.6. The maximum Gasteiger partial charge on any atom is 0.511 e. The molecule has 0 atom stereocenters. The predicted molar refractivity (Wildman–Crippen MR) is 93.5 cm³/mol. The molecule has 0 aliphatic carbocycles. The van der Waals surface area contributed by atoms with Crippen molar-refractivity contribution in [3.8, 4) is 0 Å². The summed E-state index contributed by atoms with van der Waals surface area (Å²) in [7, 11) is -2.21. The molecule has 27 heavy (non-hydrogen) atoms. The molecule has 0 spiro atoms. The van der Waals surface area contributed by atoms with E-state index in [0.717, 1.165) is 0 Å². The van der Waals surface area contributed by atoms with Gasteiger partial charge in [-0.25, -0.2) is 8.42 Å². The first-order valence-electron chi connectivity index (χ1n) is 8.38. The summed E-state index contributed by atoms with van der Waals surface area (Å²) in [5, 5.41) is 8.45. The number of aliphatic imine (C=N–C) groups is 1. The number of carbonyl (C=O) groups is 1. The van der Waals surface area contributed by atoms with E-state index < -0.39 is 15.5 Å². The molecule has 0 unspecified atom stereocenters. The number of nitrogens with zero attached hydrogens (tertiary/aromatic N) is 2. The van der Waals surface area contributed by atoms with E-state index in [-0.39, 0.29) is 31.5 Å². The molecule has 1 amide bonds. The van der Waals surface area contributed by atoms with Crippen LogP contribution in [0.4, 0.5) is 13.2 Å². The Bertz CT molecular complexity index is 604. The van der Waals surface area contributed by atoms with Gasteiger partial charge in [0.2, 0.25) is 5.91 Å². The number of amides is 1. The monoisotopic (exact) mass is 417 g/mol. The average Bonchev–Trinajstić information content (AvgIpc) is 2.61. The van der Waals surface area contributed by atoms with Crippen LogP contribution >= 0.6 is 0 Å². The number of methoxy groups -OCH3 is 1. The van der Waals surface area contributed by atoms with E-state index in [9.17, 15) is 26.4 Å². The van der Waals surface area contributed by atoms with Gasteiger partial charge in [0, 0.05) is 40.3 Å². The molecule has 0 aromatic carbocycles. The summed E-state index contributed by atoms with van der Waals surface area (Å²) >= 11 is 0. The topological polar surface area (TPSA) is 112 Å². The standard InChI is InChI=1S/C14H26F3N5O4S/c1-18-13(21-10-12(23)19-5-8-26-2)20-9-11-3-6-22(7-4-11)27(24,25)14(15,16)17/h11H,3-10H2,1-2H3,(H,19,23)(H2,18,20,21). The van der Waals surface area contributed by atoms with Gasteiger partial charge in [-0.3, -0.25) is 9.79 Å². The number of nitrogens with one attached hydrogen (secondary N) is 3. The zero-order valence-electron chi connectivity index (χ0n) is 15.3. The van der Waals surface area contributed by atoms with Crippen LogP contribution in [0.15, 0.2) is 4.99 Å². The highest BCUT2D eigenvalue weighted by atomic mass is 32.2. The number of ether oxygens (including phenoxy) is 1. The Morgan fingerprint density at radius 1 is 1.22 bits per heavy atom. The maximum atomic E-state index is 12.6. The number of sulfonamides is 1. The van der Waals surface area contributed by atoms with Crippen LogP contribution in [0, 0.1) is 5.92 Å². The molecule has 158 valence electrons. The molecule has 0 bridgehead atoms. The van der Waals surface area contributed by atoms with Gasteiger partial charge in [-0.15, -0.1) is 0 Å². The third-order valence-corrected chi connectivity index (χ3v) is 5.66. The highest BCUT2D eigenvalue weighted by Gasteiger charge is 2.50. The molecule has 3 N–H and O–H groups in total. The second kappa shape index (κ2) is 10.7. The first-order valence-corrected chi connectivity index (χ1v) is 9.82.